The second-order valence-corrected chi connectivity index (χ2v) is 8.44. The number of furan rings is 1. The second kappa shape index (κ2) is 11.4. The van der Waals surface area contributed by atoms with E-state index in [9.17, 15) is 14.4 Å². The van der Waals surface area contributed by atoms with Crippen LogP contribution in [0.25, 0.3) is 11.0 Å². The first-order valence-corrected chi connectivity index (χ1v) is 11.9. The largest absolute Gasteiger partial charge is 0.462 e. The summed E-state index contributed by atoms with van der Waals surface area (Å²) in [5.74, 6) is 0.0435. The van der Waals surface area contributed by atoms with Gasteiger partial charge in [0.15, 0.2) is 10.9 Å². The first-order valence-electron chi connectivity index (χ1n) is 10.9. The standard InChI is InChI=1S/C23H26N4O5S.ClH/c1-3-27-18-8-7-16(22(30)31-4-2)14-17(18)24-23(27)33-15-20(28)25-9-11-26(12-10-25)21(29)19-6-5-13-32-19;/h5-8,13-14H,3-4,9-12,15H2,1-2H3;1H. The number of carbonyl (C=O) groups excluding carboxylic acids is 3. The van der Waals surface area contributed by atoms with Gasteiger partial charge in [0.05, 0.1) is 35.2 Å². The summed E-state index contributed by atoms with van der Waals surface area (Å²) in [6, 6.07) is 8.65. The predicted octanol–water partition coefficient (Wildman–Crippen LogP) is 3.32. The summed E-state index contributed by atoms with van der Waals surface area (Å²) >= 11 is 1.38. The van der Waals surface area contributed by atoms with Gasteiger partial charge in [-0.05, 0) is 44.2 Å². The van der Waals surface area contributed by atoms with Crippen LogP contribution in [-0.4, -0.2) is 75.7 Å². The SMILES string of the molecule is CCOC(=O)c1ccc2c(c1)nc(SCC(=O)N1CCN(C(=O)c3ccco3)CC1)n2CC.Cl. The van der Waals surface area contributed by atoms with Gasteiger partial charge in [-0.15, -0.1) is 12.4 Å². The Balaban J connectivity index is 0.00000324. The zero-order valence-electron chi connectivity index (χ0n) is 19.1. The van der Waals surface area contributed by atoms with Gasteiger partial charge in [-0.1, -0.05) is 11.8 Å². The minimum atomic E-state index is -0.375. The zero-order valence-corrected chi connectivity index (χ0v) is 20.7. The smallest absolute Gasteiger partial charge is 0.338 e. The number of benzene rings is 1. The first kappa shape index (κ1) is 25.6. The van der Waals surface area contributed by atoms with Crippen LogP contribution in [0.1, 0.15) is 34.8 Å². The molecule has 11 heteroatoms. The van der Waals surface area contributed by atoms with Crippen molar-refractivity contribution < 1.29 is 23.5 Å². The Morgan fingerprint density at radius 1 is 1.09 bits per heavy atom. The van der Waals surface area contributed by atoms with Crippen molar-refractivity contribution in [3.8, 4) is 0 Å². The molecule has 1 fully saturated rings. The van der Waals surface area contributed by atoms with Crippen LogP contribution in [0.3, 0.4) is 0 Å². The van der Waals surface area contributed by atoms with Gasteiger partial charge in [0.25, 0.3) is 5.91 Å². The molecule has 9 nitrogen and oxygen atoms in total. The third kappa shape index (κ3) is 5.39. The number of halogens is 1. The fourth-order valence-electron chi connectivity index (χ4n) is 3.80. The molecule has 0 unspecified atom stereocenters. The highest BCUT2D eigenvalue weighted by atomic mass is 35.5. The van der Waals surface area contributed by atoms with Gasteiger partial charge in [0, 0.05) is 32.7 Å². The summed E-state index contributed by atoms with van der Waals surface area (Å²) in [6.45, 7) is 6.71. The molecule has 1 saturated heterocycles. The summed E-state index contributed by atoms with van der Waals surface area (Å²) < 4.78 is 12.3. The monoisotopic (exact) mass is 506 g/mol. The van der Waals surface area contributed by atoms with Gasteiger partial charge in [-0.2, -0.15) is 0 Å². The van der Waals surface area contributed by atoms with Crippen molar-refractivity contribution in [2.45, 2.75) is 25.5 Å². The second-order valence-electron chi connectivity index (χ2n) is 7.50. The highest BCUT2D eigenvalue weighted by Gasteiger charge is 2.26. The number of carbonyl (C=O) groups is 3. The number of aryl methyl sites for hydroxylation is 1. The summed E-state index contributed by atoms with van der Waals surface area (Å²) in [5.41, 5.74) is 2.06. The van der Waals surface area contributed by atoms with E-state index in [1.54, 1.807) is 41.0 Å². The average molecular weight is 507 g/mol. The zero-order chi connectivity index (χ0) is 23.4. The van der Waals surface area contributed by atoms with Crippen molar-refractivity contribution >= 4 is 53.0 Å². The number of imidazole rings is 1. The number of aromatic nitrogens is 2. The van der Waals surface area contributed by atoms with Gasteiger partial charge in [0.1, 0.15) is 0 Å². The van der Waals surface area contributed by atoms with Crippen LogP contribution in [-0.2, 0) is 16.1 Å². The number of ether oxygens (including phenoxy) is 1. The number of fused-ring (bicyclic) bond motifs is 1. The van der Waals surface area contributed by atoms with E-state index in [0.717, 1.165) is 10.7 Å². The molecule has 2 amide bonds. The molecule has 1 aromatic carbocycles. The van der Waals surface area contributed by atoms with E-state index in [0.29, 0.717) is 56.2 Å². The van der Waals surface area contributed by atoms with Crippen LogP contribution in [0.2, 0.25) is 0 Å². The molecule has 0 saturated carbocycles. The highest BCUT2D eigenvalue weighted by molar-refractivity contribution is 7.99. The van der Waals surface area contributed by atoms with E-state index in [2.05, 4.69) is 4.98 Å². The van der Waals surface area contributed by atoms with Crippen molar-refractivity contribution in [2.24, 2.45) is 0 Å². The number of hydrogen-bond donors (Lipinski definition) is 0. The molecule has 182 valence electrons. The van der Waals surface area contributed by atoms with Gasteiger partial charge in [-0.25, -0.2) is 9.78 Å². The highest BCUT2D eigenvalue weighted by Crippen LogP contribution is 2.26. The van der Waals surface area contributed by atoms with Crippen LogP contribution < -0.4 is 0 Å². The van der Waals surface area contributed by atoms with E-state index in [1.807, 2.05) is 17.6 Å². The van der Waals surface area contributed by atoms with Crippen molar-refractivity contribution in [1.29, 1.82) is 0 Å². The lowest BCUT2D eigenvalue weighted by Gasteiger charge is -2.34. The first-order chi connectivity index (χ1) is 16.0. The topological polar surface area (TPSA) is 97.9 Å². The molecule has 0 spiro atoms. The van der Waals surface area contributed by atoms with Gasteiger partial charge >= 0.3 is 5.97 Å². The molecule has 4 rings (SSSR count). The Hall–Kier alpha value is -2.98. The maximum Gasteiger partial charge on any atom is 0.338 e. The minimum Gasteiger partial charge on any atom is -0.462 e. The lowest BCUT2D eigenvalue weighted by molar-refractivity contribution is -0.129. The number of rotatable bonds is 7. The Kier molecular flexibility index (Phi) is 8.62. The molecule has 2 aromatic heterocycles. The average Bonchev–Trinajstić information content (AvgIpc) is 3.49. The molecule has 0 bridgehead atoms. The fraction of sp³-hybridized carbons (Fsp3) is 0.391. The van der Waals surface area contributed by atoms with Crippen LogP contribution >= 0.6 is 24.2 Å². The third-order valence-electron chi connectivity index (χ3n) is 5.52. The molecule has 3 aromatic rings. The molecule has 0 radical (unpaired) electrons. The van der Waals surface area contributed by atoms with E-state index in [1.165, 1.54) is 18.0 Å². The molecule has 0 aliphatic carbocycles. The Labute approximate surface area is 207 Å². The Morgan fingerprint density at radius 2 is 1.82 bits per heavy atom. The number of amides is 2. The predicted molar refractivity (Wildman–Crippen MR) is 131 cm³/mol. The summed E-state index contributed by atoms with van der Waals surface area (Å²) in [5, 5.41) is 0.730. The van der Waals surface area contributed by atoms with Crippen LogP contribution in [0, 0.1) is 0 Å². The maximum atomic E-state index is 12.8. The quantitative estimate of drug-likeness (QED) is 0.358. The molecule has 0 atom stereocenters. The van der Waals surface area contributed by atoms with E-state index in [-0.39, 0.29) is 35.9 Å². The lowest BCUT2D eigenvalue weighted by atomic mass is 10.2. The molecular formula is C23H27ClN4O5S. The maximum absolute atomic E-state index is 12.8. The molecule has 3 heterocycles. The van der Waals surface area contributed by atoms with E-state index < -0.39 is 0 Å². The number of nitrogens with zero attached hydrogens (tertiary/aromatic N) is 4. The Bertz CT molecular complexity index is 1160. The van der Waals surface area contributed by atoms with Crippen molar-refractivity contribution in [3.05, 3.63) is 47.9 Å². The number of hydrogen-bond acceptors (Lipinski definition) is 7. The van der Waals surface area contributed by atoms with Gasteiger partial charge < -0.3 is 23.5 Å². The fourth-order valence-corrected chi connectivity index (χ4v) is 4.78. The number of esters is 1. The number of thioether (sulfide) groups is 1. The van der Waals surface area contributed by atoms with E-state index >= 15 is 0 Å². The molecule has 0 N–H and O–H groups in total. The summed E-state index contributed by atoms with van der Waals surface area (Å²) in [7, 11) is 0. The molecule has 1 aliphatic rings. The van der Waals surface area contributed by atoms with Crippen LogP contribution in [0.15, 0.2) is 46.2 Å². The van der Waals surface area contributed by atoms with E-state index in [4.69, 9.17) is 9.15 Å². The van der Waals surface area contributed by atoms with Crippen molar-refractivity contribution in [2.75, 3.05) is 38.5 Å². The molecular weight excluding hydrogens is 480 g/mol. The summed E-state index contributed by atoms with van der Waals surface area (Å²) in [6.07, 6.45) is 1.48. The normalized spacial score (nSPS) is 13.6. The third-order valence-corrected chi connectivity index (χ3v) is 6.48. The van der Waals surface area contributed by atoms with Gasteiger partial charge in [0.2, 0.25) is 5.91 Å². The molecule has 34 heavy (non-hydrogen) atoms. The minimum absolute atomic E-state index is 0. The Morgan fingerprint density at radius 3 is 2.47 bits per heavy atom. The number of piperazine rings is 1. The van der Waals surface area contributed by atoms with Crippen molar-refractivity contribution in [1.82, 2.24) is 19.4 Å². The van der Waals surface area contributed by atoms with Crippen molar-refractivity contribution in [3.63, 3.8) is 0 Å². The lowest BCUT2D eigenvalue weighted by Crippen LogP contribution is -2.51. The molecule has 1 aliphatic heterocycles. The van der Waals surface area contributed by atoms with Gasteiger partial charge in [-0.3, -0.25) is 9.59 Å². The van der Waals surface area contributed by atoms with Crippen LogP contribution in [0.5, 0.6) is 0 Å². The summed E-state index contributed by atoms with van der Waals surface area (Å²) in [4.78, 5) is 45.3. The van der Waals surface area contributed by atoms with Crippen LogP contribution in [0.4, 0.5) is 0 Å².